The maximum Gasteiger partial charge on any atom is 0.276 e. The van der Waals surface area contributed by atoms with Gasteiger partial charge < -0.3 is 0 Å². The molecule has 0 radical (unpaired) electrons. The van der Waals surface area contributed by atoms with Crippen molar-refractivity contribution in [1.82, 2.24) is 24.5 Å². The number of aromatic nitrogens is 5. The number of thiophene rings is 1. The fraction of sp³-hybridized carbons (Fsp3) is 0.100. The minimum Gasteiger partial charge on any atom is -0.267 e. The van der Waals surface area contributed by atoms with E-state index in [4.69, 9.17) is 0 Å². The average molecular weight is 373 g/mol. The summed E-state index contributed by atoms with van der Waals surface area (Å²) in [5.74, 6) is 0. The highest BCUT2D eigenvalue weighted by Crippen LogP contribution is 2.30. The van der Waals surface area contributed by atoms with Gasteiger partial charge in [0.1, 0.15) is 0 Å². The van der Waals surface area contributed by atoms with Gasteiger partial charge >= 0.3 is 0 Å². The lowest BCUT2D eigenvalue weighted by Crippen LogP contribution is -2.25. The molecule has 0 atom stereocenters. The van der Waals surface area contributed by atoms with Gasteiger partial charge in [-0.3, -0.25) is 14.5 Å². The first-order valence-electron chi connectivity index (χ1n) is 8.59. The van der Waals surface area contributed by atoms with Gasteiger partial charge in [0.05, 0.1) is 41.1 Å². The van der Waals surface area contributed by atoms with Crippen LogP contribution in [0.3, 0.4) is 0 Å². The molecular weight excluding hydrogens is 358 g/mol. The number of benzene rings is 1. The summed E-state index contributed by atoms with van der Waals surface area (Å²) >= 11 is 1.54. The van der Waals surface area contributed by atoms with Crippen molar-refractivity contribution in [3.05, 3.63) is 76.9 Å². The van der Waals surface area contributed by atoms with E-state index in [9.17, 15) is 4.79 Å². The van der Waals surface area contributed by atoms with Gasteiger partial charge in [0.25, 0.3) is 5.56 Å². The lowest BCUT2D eigenvalue weighted by molar-refractivity contribution is 0.494. The van der Waals surface area contributed by atoms with Crippen LogP contribution in [0.25, 0.3) is 32.1 Å². The SMILES string of the molecule is O=c1c2c(-c3ccncc3)csc2cnn1CCn1ncc2ccccc21. The first kappa shape index (κ1) is 15.9. The minimum atomic E-state index is -0.0722. The first-order chi connectivity index (χ1) is 13.3. The topological polar surface area (TPSA) is 65.6 Å². The predicted octanol–water partition coefficient (Wildman–Crippen LogP) is 3.57. The van der Waals surface area contributed by atoms with E-state index in [2.05, 4.69) is 15.2 Å². The Balaban J connectivity index is 1.52. The van der Waals surface area contributed by atoms with E-state index >= 15 is 0 Å². The van der Waals surface area contributed by atoms with E-state index in [0.717, 1.165) is 26.7 Å². The summed E-state index contributed by atoms with van der Waals surface area (Å²) in [4.78, 5) is 17.1. The molecule has 0 saturated heterocycles. The van der Waals surface area contributed by atoms with Crippen molar-refractivity contribution in [3.63, 3.8) is 0 Å². The van der Waals surface area contributed by atoms with Crippen LogP contribution < -0.4 is 5.56 Å². The highest BCUT2D eigenvalue weighted by molar-refractivity contribution is 7.17. The van der Waals surface area contributed by atoms with Crippen molar-refractivity contribution in [2.24, 2.45) is 0 Å². The molecule has 0 saturated carbocycles. The van der Waals surface area contributed by atoms with E-state index < -0.39 is 0 Å². The van der Waals surface area contributed by atoms with Crippen LogP contribution in [0, 0.1) is 0 Å². The van der Waals surface area contributed by atoms with Crippen LogP contribution in [0.4, 0.5) is 0 Å². The fourth-order valence-electron chi connectivity index (χ4n) is 3.29. The van der Waals surface area contributed by atoms with Gasteiger partial charge in [-0.15, -0.1) is 11.3 Å². The standard InChI is InChI=1S/C20H15N5OS/c26-20-19-16(14-5-7-21-8-6-14)13-27-18(19)12-23-25(20)10-9-24-17-4-2-1-3-15(17)11-22-24/h1-8,11-13H,9-10H2. The zero-order valence-electron chi connectivity index (χ0n) is 14.3. The van der Waals surface area contributed by atoms with Crippen molar-refractivity contribution < 1.29 is 0 Å². The van der Waals surface area contributed by atoms with Crippen LogP contribution in [0.15, 0.2) is 71.4 Å². The molecule has 0 amide bonds. The van der Waals surface area contributed by atoms with Gasteiger partial charge in [-0.05, 0) is 23.8 Å². The van der Waals surface area contributed by atoms with Crippen LogP contribution in [0.5, 0.6) is 0 Å². The van der Waals surface area contributed by atoms with E-state index in [0.29, 0.717) is 18.5 Å². The summed E-state index contributed by atoms with van der Waals surface area (Å²) in [6.07, 6.45) is 7.09. The molecule has 1 aromatic carbocycles. The number of hydrogen-bond donors (Lipinski definition) is 0. The van der Waals surface area contributed by atoms with Gasteiger partial charge in [-0.2, -0.15) is 10.2 Å². The molecule has 27 heavy (non-hydrogen) atoms. The average Bonchev–Trinajstić information content (AvgIpc) is 3.33. The van der Waals surface area contributed by atoms with Gasteiger partial charge in [0, 0.05) is 28.7 Å². The van der Waals surface area contributed by atoms with Crippen LogP contribution in [-0.2, 0) is 13.1 Å². The molecule has 0 bridgehead atoms. The molecule has 7 heteroatoms. The Labute approximate surface area is 158 Å². The Hall–Kier alpha value is -3.32. The summed E-state index contributed by atoms with van der Waals surface area (Å²) in [5.41, 5.74) is 2.91. The molecule has 132 valence electrons. The lowest BCUT2D eigenvalue weighted by Gasteiger charge is -2.07. The molecule has 0 N–H and O–H groups in total. The van der Waals surface area contributed by atoms with Crippen molar-refractivity contribution in [3.8, 4) is 11.1 Å². The second-order valence-electron chi connectivity index (χ2n) is 6.22. The summed E-state index contributed by atoms with van der Waals surface area (Å²) in [6, 6.07) is 11.9. The minimum absolute atomic E-state index is 0.0722. The van der Waals surface area contributed by atoms with Crippen molar-refractivity contribution in [1.29, 1.82) is 0 Å². The second-order valence-corrected chi connectivity index (χ2v) is 7.14. The third-order valence-electron chi connectivity index (χ3n) is 4.65. The highest BCUT2D eigenvalue weighted by Gasteiger charge is 2.13. The molecule has 0 unspecified atom stereocenters. The van der Waals surface area contributed by atoms with Crippen molar-refractivity contribution in [2.45, 2.75) is 13.1 Å². The molecule has 0 aliphatic carbocycles. The molecule has 0 aliphatic heterocycles. The van der Waals surface area contributed by atoms with Gasteiger partial charge in [0.15, 0.2) is 0 Å². The summed E-state index contributed by atoms with van der Waals surface area (Å²) in [7, 11) is 0. The van der Waals surface area contributed by atoms with Crippen LogP contribution in [0.1, 0.15) is 0 Å². The van der Waals surface area contributed by atoms with Crippen molar-refractivity contribution in [2.75, 3.05) is 0 Å². The normalized spacial score (nSPS) is 11.4. The molecule has 5 aromatic rings. The van der Waals surface area contributed by atoms with E-state index in [-0.39, 0.29) is 5.56 Å². The highest BCUT2D eigenvalue weighted by atomic mass is 32.1. The Kier molecular flexibility index (Phi) is 3.79. The molecule has 4 heterocycles. The first-order valence-corrected chi connectivity index (χ1v) is 9.47. The Morgan fingerprint density at radius 3 is 2.59 bits per heavy atom. The summed E-state index contributed by atoms with van der Waals surface area (Å²) < 4.78 is 4.33. The summed E-state index contributed by atoms with van der Waals surface area (Å²) in [5, 5.41) is 12.6. The number of nitrogens with zero attached hydrogens (tertiary/aromatic N) is 5. The second kappa shape index (κ2) is 6.44. The fourth-order valence-corrected chi connectivity index (χ4v) is 4.21. The summed E-state index contributed by atoms with van der Waals surface area (Å²) in [6.45, 7) is 1.05. The lowest BCUT2D eigenvalue weighted by atomic mass is 10.1. The third kappa shape index (κ3) is 2.72. The number of para-hydroxylation sites is 1. The van der Waals surface area contributed by atoms with Gasteiger partial charge in [0.2, 0.25) is 0 Å². The molecular formula is C20H15N5OS. The Morgan fingerprint density at radius 2 is 1.70 bits per heavy atom. The third-order valence-corrected chi connectivity index (χ3v) is 5.57. The Bertz CT molecular complexity index is 1300. The van der Waals surface area contributed by atoms with Crippen LogP contribution in [-0.4, -0.2) is 24.5 Å². The smallest absolute Gasteiger partial charge is 0.267 e. The maximum absolute atomic E-state index is 13.1. The molecule has 5 rings (SSSR count). The zero-order chi connectivity index (χ0) is 18.2. The molecule has 0 spiro atoms. The number of hydrogen-bond acceptors (Lipinski definition) is 5. The molecule has 4 aromatic heterocycles. The number of rotatable bonds is 4. The molecule has 0 aliphatic rings. The molecule has 6 nitrogen and oxygen atoms in total. The van der Waals surface area contributed by atoms with Crippen molar-refractivity contribution >= 4 is 32.3 Å². The van der Waals surface area contributed by atoms with Gasteiger partial charge in [-0.1, -0.05) is 18.2 Å². The van der Waals surface area contributed by atoms with Gasteiger partial charge in [-0.25, -0.2) is 4.68 Å². The Morgan fingerprint density at radius 1 is 0.926 bits per heavy atom. The predicted molar refractivity (Wildman–Crippen MR) is 107 cm³/mol. The molecule has 0 fully saturated rings. The van der Waals surface area contributed by atoms with E-state index in [1.807, 2.05) is 52.7 Å². The van der Waals surface area contributed by atoms with E-state index in [1.165, 1.54) is 16.0 Å². The number of aryl methyl sites for hydroxylation is 2. The number of fused-ring (bicyclic) bond motifs is 2. The van der Waals surface area contributed by atoms with E-state index in [1.54, 1.807) is 18.6 Å². The maximum atomic E-state index is 13.1. The quantitative estimate of drug-likeness (QED) is 0.483. The van der Waals surface area contributed by atoms with Crippen LogP contribution in [0.2, 0.25) is 0 Å². The van der Waals surface area contributed by atoms with Crippen LogP contribution >= 0.6 is 11.3 Å². The monoisotopic (exact) mass is 373 g/mol. The number of pyridine rings is 1. The largest absolute Gasteiger partial charge is 0.276 e. The zero-order valence-corrected chi connectivity index (χ0v) is 15.1.